The number of rotatable bonds is 1. The number of benzene rings is 1. The molecular formula is C13H17ClN2O. The van der Waals surface area contributed by atoms with Gasteiger partial charge in [-0.15, -0.1) is 0 Å². The lowest BCUT2D eigenvalue weighted by atomic mass is 10.0. The number of carbonyl (C=O) groups is 1. The minimum atomic E-state index is -0.0914. The van der Waals surface area contributed by atoms with Gasteiger partial charge in [-0.3, -0.25) is 4.79 Å². The van der Waals surface area contributed by atoms with Crippen molar-refractivity contribution < 1.29 is 4.79 Å². The van der Waals surface area contributed by atoms with Crippen molar-refractivity contribution in [1.82, 2.24) is 4.90 Å². The van der Waals surface area contributed by atoms with Crippen LogP contribution >= 0.6 is 11.6 Å². The van der Waals surface area contributed by atoms with Crippen molar-refractivity contribution in [3.05, 3.63) is 28.8 Å². The second-order valence-electron chi connectivity index (χ2n) is 5.07. The van der Waals surface area contributed by atoms with E-state index in [1.807, 2.05) is 4.90 Å². The van der Waals surface area contributed by atoms with Crippen LogP contribution in [0.25, 0.3) is 0 Å². The zero-order valence-corrected chi connectivity index (χ0v) is 10.9. The van der Waals surface area contributed by atoms with E-state index in [0.29, 0.717) is 16.3 Å². The molecule has 92 valence electrons. The normalized spacial score (nSPS) is 18.4. The van der Waals surface area contributed by atoms with Crippen molar-refractivity contribution in [2.24, 2.45) is 0 Å². The average Bonchev–Trinajstić information content (AvgIpc) is 2.61. The van der Waals surface area contributed by atoms with E-state index >= 15 is 0 Å². The van der Waals surface area contributed by atoms with Crippen molar-refractivity contribution in [2.75, 3.05) is 12.3 Å². The minimum Gasteiger partial charge on any atom is -0.397 e. The minimum absolute atomic E-state index is 0.0208. The van der Waals surface area contributed by atoms with Gasteiger partial charge in [0.15, 0.2) is 0 Å². The van der Waals surface area contributed by atoms with Crippen LogP contribution in [-0.2, 0) is 0 Å². The van der Waals surface area contributed by atoms with Crippen LogP contribution in [-0.4, -0.2) is 22.9 Å². The van der Waals surface area contributed by atoms with Crippen molar-refractivity contribution in [2.45, 2.75) is 32.2 Å². The molecule has 2 N–H and O–H groups in total. The standard InChI is InChI=1S/C13H17ClN2O/c1-13(2)7-4-8-16(13)12(17)9-5-3-6-10(14)11(9)15/h3,5-6H,4,7-8,15H2,1-2H3. The van der Waals surface area contributed by atoms with Gasteiger partial charge in [-0.2, -0.15) is 0 Å². The molecule has 0 unspecified atom stereocenters. The van der Waals surface area contributed by atoms with Crippen molar-refractivity contribution in [3.63, 3.8) is 0 Å². The molecular weight excluding hydrogens is 236 g/mol. The van der Waals surface area contributed by atoms with E-state index < -0.39 is 0 Å². The van der Waals surface area contributed by atoms with E-state index in [1.165, 1.54) is 0 Å². The number of carbonyl (C=O) groups excluding carboxylic acids is 1. The number of anilines is 1. The molecule has 0 saturated carbocycles. The first-order valence-corrected chi connectivity index (χ1v) is 6.17. The third-order valence-corrected chi connectivity index (χ3v) is 3.76. The van der Waals surface area contributed by atoms with Crippen LogP contribution in [0.1, 0.15) is 37.0 Å². The van der Waals surface area contributed by atoms with Gasteiger partial charge in [-0.05, 0) is 38.8 Å². The highest BCUT2D eigenvalue weighted by atomic mass is 35.5. The fourth-order valence-corrected chi connectivity index (χ4v) is 2.53. The quantitative estimate of drug-likeness (QED) is 0.781. The fraction of sp³-hybridized carbons (Fsp3) is 0.462. The average molecular weight is 253 g/mol. The third-order valence-electron chi connectivity index (χ3n) is 3.43. The van der Waals surface area contributed by atoms with Crippen LogP contribution in [0.5, 0.6) is 0 Å². The fourth-order valence-electron chi connectivity index (χ4n) is 2.35. The molecule has 1 aromatic carbocycles. The number of hydrogen-bond donors (Lipinski definition) is 1. The van der Waals surface area contributed by atoms with Crippen LogP contribution in [0.4, 0.5) is 5.69 Å². The number of nitrogens with zero attached hydrogens (tertiary/aromatic N) is 1. The lowest BCUT2D eigenvalue weighted by Crippen LogP contribution is -2.42. The number of nitrogen functional groups attached to an aromatic ring is 1. The summed E-state index contributed by atoms with van der Waals surface area (Å²) in [6, 6.07) is 5.19. The lowest BCUT2D eigenvalue weighted by Gasteiger charge is -2.32. The smallest absolute Gasteiger partial charge is 0.256 e. The lowest BCUT2D eigenvalue weighted by molar-refractivity contribution is 0.0653. The highest BCUT2D eigenvalue weighted by Gasteiger charge is 2.36. The van der Waals surface area contributed by atoms with E-state index in [9.17, 15) is 4.79 Å². The maximum atomic E-state index is 12.4. The largest absolute Gasteiger partial charge is 0.397 e. The Bertz CT molecular complexity index is 457. The SMILES string of the molecule is CC1(C)CCCN1C(=O)c1cccc(Cl)c1N. The Kier molecular flexibility index (Phi) is 3.04. The summed E-state index contributed by atoms with van der Waals surface area (Å²) in [5, 5.41) is 0.438. The van der Waals surface area contributed by atoms with Gasteiger partial charge in [-0.25, -0.2) is 0 Å². The van der Waals surface area contributed by atoms with E-state index in [0.717, 1.165) is 19.4 Å². The number of para-hydroxylation sites is 1. The molecule has 1 fully saturated rings. The van der Waals surface area contributed by atoms with Gasteiger partial charge in [0.05, 0.1) is 16.3 Å². The first-order chi connectivity index (χ1) is 7.93. The molecule has 0 spiro atoms. The van der Waals surface area contributed by atoms with Gasteiger partial charge in [0, 0.05) is 12.1 Å². The van der Waals surface area contributed by atoms with Gasteiger partial charge in [-0.1, -0.05) is 17.7 Å². The number of nitrogens with two attached hydrogens (primary N) is 1. The van der Waals surface area contributed by atoms with E-state index in [2.05, 4.69) is 13.8 Å². The molecule has 1 saturated heterocycles. The Morgan fingerprint density at radius 3 is 2.76 bits per heavy atom. The first kappa shape index (κ1) is 12.2. The molecule has 0 aliphatic carbocycles. The monoisotopic (exact) mass is 252 g/mol. The molecule has 1 aliphatic rings. The van der Waals surface area contributed by atoms with Crippen LogP contribution < -0.4 is 5.73 Å². The zero-order valence-electron chi connectivity index (χ0n) is 10.2. The Hall–Kier alpha value is -1.22. The molecule has 2 rings (SSSR count). The Morgan fingerprint density at radius 2 is 2.18 bits per heavy atom. The maximum Gasteiger partial charge on any atom is 0.256 e. The second kappa shape index (κ2) is 4.22. The number of amides is 1. The summed E-state index contributed by atoms with van der Waals surface area (Å²) in [7, 11) is 0. The number of likely N-dealkylation sites (tertiary alicyclic amines) is 1. The van der Waals surface area contributed by atoms with Gasteiger partial charge in [0.25, 0.3) is 5.91 Å². The van der Waals surface area contributed by atoms with Crippen LogP contribution in [0.2, 0.25) is 5.02 Å². The van der Waals surface area contributed by atoms with E-state index in [1.54, 1.807) is 18.2 Å². The van der Waals surface area contributed by atoms with Crippen LogP contribution in [0, 0.1) is 0 Å². The molecule has 0 radical (unpaired) electrons. The molecule has 1 amide bonds. The van der Waals surface area contributed by atoms with Gasteiger partial charge >= 0.3 is 0 Å². The molecule has 1 aromatic rings. The van der Waals surface area contributed by atoms with Gasteiger partial charge in [0.1, 0.15) is 0 Å². The molecule has 3 nitrogen and oxygen atoms in total. The topological polar surface area (TPSA) is 46.3 Å². The Balaban J connectivity index is 2.35. The van der Waals surface area contributed by atoms with Crippen LogP contribution in [0.3, 0.4) is 0 Å². The summed E-state index contributed by atoms with van der Waals surface area (Å²) < 4.78 is 0. The summed E-state index contributed by atoms with van der Waals surface area (Å²) in [6.45, 7) is 4.95. The first-order valence-electron chi connectivity index (χ1n) is 5.79. The Labute approximate surface area is 107 Å². The highest BCUT2D eigenvalue weighted by molar-refractivity contribution is 6.33. The maximum absolute atomic E-state index is 12.4. The van der Waals surface area contributed by atoms with Crippen molar-refractivity contribution >= 4 is 23.2 Å². The summed E-state index contributed by atoms with van der Waals surface area (Å²) >= 11 is 5.94. The predicted molar refractivity (Wildman–Crippen MR) is 70.2 cm³/mol. The number of hydrogen-bond acceptors (Lipinski definition) is 2. The molecule has 0 bridgehead atoms. The summed E-state index contributed by atoms with van der Waals surface area (Å²) in [5.41, 5.74) is 6.65. The summed E-state index contributed by atoms with van der Waals surface area (Å²) in [4.78, 5) is 14.3. The molecule has 4 heteroatoms. The molecule has 1 heterocycles. The van der Waals surface area contributed by atoms with E-state index in [-0.39, 0.29) is 11.4 Å². The predicted octanol–water partition coefficient (Wildman–Crippen LogP) is 2.94. The molecule has 1 aliphatic heterocycles. The van der Waals surface area contributed by atoms with Gasteiger partial charge < -0.3 is 10.6 Å². The third kappa shape index (κ3) is 2.12. The highest BCUT2D eigenvalue weighted by Crippen LogP contribution is 2.32. The van der Waals surface area contributed by atoms with E-state index in [4.69, 9.17) is 17.3 Å². The molecule has 0 atom stereocenters. The summed E-state index contributed by atoms with van der Waals surface area (Å²) in [5.74, 6) is -0.0208. The summed E-state index contributed by atoms with van der Waals surface area (Å²) in [6.07, 6.45) is 2.07. The zero-order chi connectivity index (χ0) is 12.6. The number of halogens is 1. The second-order valence-corrected chi connectivity index (χ2v) is 5.48. The van der Waals surface area contributed by atoms with Crippen LogP contribution in [0.15, 0.2) is 18.2 Å². The molecule has 17 heavy (non-hydrogen) atoms. The molecule has 0 aromatic heterocycles. The Morgan fingerprint density at radius 1 is 1.47 bits per heavy atom. The van der Waals surface area contributed by atoms with Crippen molar-refractivity contribution in [1.29, 1.82) is 0 Å². The van der Waals surface area contributed by atoms with Crippen molar-refractivity contribution in [3.8, 4) is 0 Å². The van der Waals surface area contributed by atoms with Gasteiger partial charge in [0.2, 0.25) is 0 Å².